The van der Waals surface area contributed by atoms with E-state index < -0.39 is 0 Å². The van der Waals surface area contributed by atoms with E-state index in [1.807, 2.05) is 0 Å². The van der Waals surface area contributed by atoms with Crippen LogP contribution in [0.15, 0.2) is 0 Å². The average Bonchev–Trinajstić information content (AvgIpc) is 1.92. The highest BCUT2D eigenvalue weighted by Gasteiger charge is 2.45. The molecule has 2 aliphatic rings. The van der Waals surface area contributed by atoms with Crippen LogP contribution in [-0.2, 0) is 4.74 Å². The average molecular weight is 157 g/mol. The third-order valence-electron chi connectivity index (χ3n) is 2.66. The van der Waals surface area contributed by atoms with E-state index in [2.05, 4.69) is 12.2 Å². The molecule has 1 spiro atoms. The predicted molar refractivity (Wildman–Crippen MR) is 41.4 cm³/mol. The normalized spacial score (nSPS) is 50.7. The maximum absolute atomic E-state index is 9.14. The van der Waals surface area contributed by atoms with Gasteiger partial charge in [-0.05, 0) is 19.8 Å². The molecular weight excluding hydrogens is 142 g/mol. The van der Waals surface area contributed by atoms with Crippen LogP contribution in [0.4, 0.5) is 0 Å². The summed E-state index contributed by atoms with van der Waals surface area (Å²) in [4.78, 5) is 0. The zero-order valence-corrected chi connectivity index (χ0v) is 6.84. The van der Waals surface area contributed by atoms with Crippen LogP contribution in [0, 0.1) is 0 Å². The fourth-order valence-electron chi connectivity index (χ4n) is 1.88. The molecule has 1 saturated carbocycles. The van der Waals surface area contributed by atoms with Crippen molar-refractivity contribution in [2.75, 3.05) is 13.2 Å². The third kappa shape index (κ3) is 1.28. The second-order valence-electron chi connectivity index (χ2n) is 3.84. The lowest BCUT2D eigenvalue weighted by Crippen LogP contribution is -2.65. The van der Waals surface area contributed by atoms with Crippen LogP contribution in [0.5, 0.6) is 0 Å². The quantitative estimate of drug-likeness (QED) is 0.515. The molecule has 2 fully saturated rings. The minimum absolute atomic E-state index is 0.0977. The van der Waals surface area contributed by atoms with E-state index in [-0.39, 0.29) is 11.6 Å². The van der Waals surface area contributed by atoms with E-state index in [0.717, 1.165) is 26.0 Å². The number of morpholine rings is 1. The van der Waals surface area contributed by atoms with Crippen LogP contribution in [-0.4, -0.2) is 36.0 Å². The van der Waals surface area contributed by atoms with Gasteiger partial charge in [0.15, 0.2) is 0 Å². The summed E-state index contributed by atoms with van der Waals surface area (Å²) in [5.74, 6) is 0. The monoisotopic (exact) mass is 157 g/mol. The highest BCUT2D eigenvalue weighted by atomic mass is 16.5. The van der Waals surface area contributed by atoms with Gasteiger partial charge in [0.25, 0.3) is 0 Å². The van der Waals surface area contributed by atoms with Gasteiger partial charge in [-0.3, -0.25) is 0 Å². The van der Waals surface area contributed by atoms with Crippen molar-refractivity contribution >= 4 is 0 Å². The Labute approximate surface area is 66.7 Å². The Hall–Kier alpha value is -0.120. The van der Waals surface area contributed by atoms with Gasteiger partial charge in [-0.1, -0.05) is 0 Å². The summed E-state index contributed by atoms with van der Waals surface area (Å²) in [5, 5.41) is 12.6. The van der Waals surface area contributed by atoms with Gasteiger partial charge in [-0.2, -0.15) is 0 Å². The molecule has 0 radical (unpaired) electrons. The number of rotatable bonds is 0. The Morgan fingerprint density at radius 2 is 2.27 bits per heavy atom. The number of ether oxygens (including phenoxy) is 1. The van der Waals surface area contributed by atoms with E-state index in [1.54, 1.807) is 0 Å². The molecule has 11 heavy (non-hydrogen) atoms. The molecule has 1 heterocycles. The van der Waals surface area contributed by atoms with Crippen molar-refractivity contribution in [1.82, 2.24) is 5.32 Å². The molecule has 0 amide bonds. The van der Waals surface area contributed by atoms with Crippen LogP contribution in [0.3, 0.4) is 0 Å². The zero-order chi connectivity index (χ0) is 7.90. The highest BCUT2D eigenvalue weighted by molar-refractivity contribution is 5.03. The van der Waals surface area contributed by atoms with Gasteiger partial charge < -0.3 is 15.2 Å². The Morgan fingerprint density at radius 3 is 2.73 bits per heavy atom. The van der Waals surface area contributed by atoms with Gasteiger partial charge in [-0.25, -0.2) is 0 Å². The fraction of sp³-hybridized carbons (Fsp3) is 1.00. The summed E-state index contributed by atoms with van der Waals surface area (Å²) in [7, 11) is 0. The molecule has 0 aromatic carbocycles. The summed E-state index contributed by atoms with van der Waals surface area (Å²) < 4.78 is 5.51. The maximum Gasteiger partial charge on any atom is 0.0672 e. The molecule has 3 nitrogen and oxygen atoms in total. The Balaban J connectivity index is 1.88. The summed E-state index contributed by atoms with van der Waals surface area (Å²) >= 11 is 0. The molecule has 1 atom stereocenters. The molecular formula is C8H15NO2. The van der Waals surface area contributed by atoms with Crippen LogP contribution < -0.4 is 5.32 Å². The number of aliphatic hydroxyl groups excluding tert-OH is 1. The maximum atomic E-state index is 9.14. The van der Waals surface area contributed by atoms with Crippen LogP contribution in [0.25, 0.3) is 0 Å². The van der Waals surface area contributed by atoms with Gasteiger partial charge in [0, 0.05) is 12.1 Å². The van der Waals surface area contributed by atoms with Crippen molar-refractivity contribution in [2.24, 2.45) is 0 Å². The van der Waals surface area contributed by atoms with Gasteiger partial charge in [-0.15, -0.1) is 0 Å². The van der Waals surface area contributed by atoms with Gasteiger partial charge in [0.05, 0.1) is 18.8 Å². The Morgan fingerprint density at radius 1 is 1.55 bits per heavy atom. The first-order valence-corrected chi connectivity index (χ1v) is 4.25. The van der Waals surface area contributed by atoms with Gasteiger partial charge in [0.1, 0.15) is 0 Å². The minimum Gasteiger partial charge on any atom is -0.393 e. The Kier molecular flexibility index (Phi) is 1.67. The predicted octanol–water partition coefficient (Wildman–Crippen LogP) is -0.112. The van der Waals surface area contributed by atoms with Gasteiger partial charge in [0.2, 0.25) is 0 Å². The number of hydrogen-bond donors (Lipinski definition) is 2. The first-order valence-electron chi connectivity index (χ1n) is 4.25. The van der Waals surface area contributed by atoms with Crippen molar-refractivity contribution in [3.05, 3.63) is 0 Å². The molecule has 64 valence electrons. The number of nitrogens with one attached hydrogen (secondary N) is 1. The Bertz CT molecular complexity index is 144. The lowest BCUT2D eigenvalue weighted by Gasteiger charge is -2.49. The van der Waals surface area contributed by atoms with Crippen molar-refractivity contribution in [3.63, 3.8) is 0 Å². The first kappa shape index (κ1) is 7.53. The molecule has 0 aromatic rings. The van der Waals surface area contributed by atoms with E-state index in [1.165, 1.54) is 0 Å². The topological polar surface area (TPSA) is 41.5 Å². The second kappa shape index (κ2) is 2.44. The molecule has 1 saturated heterocycles. The molecule has 2 rings (SSSR count). The molecule has 0 unspecified atom stereocenters. The molecule has 3 heteroatoms. The van der Waals surface area contributed by atoms with Crippen molar-refractivity contribution < 1.29 is 9.84 Å². The summed E-state index contributed by atoms with van der Waals surface area (Å²) in [5.41, 5.74) is 0.131. The molecule has 0 bridgehead atoms. The molecule has 2 N–H and O–H groups in total. The van der Waals surface area contributed by atoms with Crippen LogP contribution >= 0.6 is 0 Å². The van der Waals surface area contributed by atoms with E-state index >= 15 is 0 Å². The second-order valence-corrected chi connectivity index (χ2v) is 3.84. The minimum atomic E-state index is -0.0977. The molecule has 1 aliphatic heterocycles. The zero-order valence-electron chi connectivity index (χ0n) is 6.84. The molecule has 0 aromatic heterocycles. The van der Waals surface area contributed by atoms with E-state index in [4.69, 9.17) is 9.84 Å². The summed E-state index contributed by atoms with van der Waals surface area (Å²) in [6.07, 6.45) is 1.96. The highest BCUT2D eigenvalue weighted by Crippen LogP contribution is 2.34. The number of aliphatic hydroxyl groups is 1. The largest absolute Gasteiger partial charge is 0.393 e. The lowest BCUT2D eigenvalue weighted by molar-refractivity contribution is -0.0977. The number of hydrogen-bond acceptors (Lipinski definition) is 3. The van der Waals surface area contributed by atoms with Gasteiger partial charge >= 0.3 is 0 Å². The first-order chi connectivity index (χ1) is 5.20. The summed E-state index contributed by atoms with van der Waals surface area (Å²) in [6, 6.07) is 0. The smallest absolute Gasteiger partial charge is 0.0672 e. The van der Waals surface area contributed by atoms with Crippen molar-refractivity contribution in [2.45, 2.75) is 37.5 Å². The fourth-order valence-corrected chi connectivity index (χ4v) is 1.88. The standard InChI is InChI=1S/C8H15NO2/c1-6-4-9-8(5-11-6)2-7(10)3-8/h6-7,9-10H,2-5H2,1H3/t6-,7?,8?/m0/s1. The summed E-state index contributed by atoms with van der Waals surface area (Å²) in [6.45, 7) is 3.76. The lowest BCUT2D eigenvalue weighted by atomic mass is 9.74. The van der Waals surface area contributed by atoms with E-state index in [9.17, 15) is 0 Å². The third-order valence-corrected chi connectivity index (χ3v) is 2.66. The SMILES string of the molecule is C[C@H]1CNC2(CO1)CC(O)C2. The van der Waals surface area contributed by atoms with Crippen LogP contribution in [0.2, 0.25) is 0 Å². The molecule has 1 aliphatic carbocycles. The van der Waals surface area contributed by atoms with Crippen molar-refractivity contribution in [3.8, 4) is 0 Å². The van der Waals surface area contributed by atoms with E-state index in [0.29, 0.717) is 6.10 Å². The van der Waals surface area contributed by atoms with Crippen LogP contribution in [0.1, 0.15) is 19.8 Å². The van der Waals surface area contributed by atoms with Crippen molar-refractivity contribution in [1.29, 1.82) is 0 Å².